The van der Waals surface area contributed by atoms with Gasteiger partial charge in [-0.3, -0.25) is 4.79 Å². The van der Waals surface area contributed by atoms with Crippen LogP contribution in [0.2, 0.25) is 0 Å². The third kappa shape index (κ3) is 3.39. The molecule has 0 saturated carbocycles. The number of rotatable bonds is 5. The van der Waals surface area contributed by atoms with Gasteiger partial charge in [0.2, 0.25) is 0 Å². The van der Waals surface area contributed by atoms with Gasteiger partial charge in [0.15, 0.2) is 11.8 Å². The highest BCUT2D eigenvalue weighted by Gasteiger charge is 2.29. The number of likely N-dealkylation sites (tertiary alicyclic amines) is 1. The van der Waals surface area contributed by atoms with Gasteiger partial charge in [-0.1, -0.05) is 17.7 Å². The van der Waals surface area contributed by atoms with E-state index in [1.165, 1.54) is 17.7 Å². The summed E-state index contributed by atoms with van der Waals surface area (Å²) < 4.78 is 5.59. The van der Waals surface area contributed by atoms with Crippen molar-refractivity contribution >= 4 is 5.91 Å². The van der Waals surface area contributed by atoms with E-state index in [2.05, 4.69) is 5.32 Å². The molecule has 0 unspecified atom stereocenters. The summed E-state index contributed by atoms with van der Waals surface area (Å²) in [6.45, 7) is 4.92. The Bertz CT molecular complexity index is 599. The number of amides is 1. The molecule has 116 valence electrons. The molecule has 2 N–H and O–H groups in total. The Labute approximate surface area is 131 Å². The Morgan fingerprint density at radius 1 is 1.23 bits per heavy atom. The van der Waals surface area contributed by atoms with Crippen molar-refractivity contribution in [3.63, 3.8) is 0 Å². The fourth-order valence-electron chi connectivity index (χ4n) is 3.12. The van der Waals surface area contributed by atoms with Crippen LogP contribution >= 0.6 is 0 Å². The second-order valence-corrected chi connectivity index (χ2v) is 6.01. The van der Waals surface area contributed by atoms with E-state index in [1.807, 2.05) is 43.3 Å². The SMILES string of the molecule is Cc1ccc(C(=O)NC[C@@H](c2ccco2)[NH+]2CCCC2)cc1. The molecule has 2 heterocycles. The summed E-state index contributed by atoms with van der Waals surface area (Å²) in [5, 5.41) is 3.06. The van der Waals surface area contributed by atoms with Crippen molar-refractivity contribution in [1.29, 1.82) is 0 Å². The van der Waals surface area contributed by atoms with Crippen LogP contribution < -0.4 is 10.2 Å². The summed E-state index contributed by atoms with van der Waals surface area (Å²) in [7, 11) is 0. The van der Waals surface area contributed by atoms with Gasteiger partial charge in [0.25, 0.3) is 5.91 Å². The van der Waals surface area contributed by atoms with Crippen LogP contribution in [-0.2, 0) is 0 Å². The van der Waals surface area contributed by atoms with E-state index in [0.717, 1.165) is 24.4 Å². The lowest BCUT2D eigenvalue weighted by Gasteiger charge is -2.23. The van der Waals surface area contributed by atoms with Crippen molar-refractivity contribution in [3.05, 3.63) is 59.5 Å². The first kappa shape index (κ1) is 14.9. The Morgan fingerprint density at radius 3 is 2.59 bits per heavy atom. The molecule has 0 radical (unpaired) electrons. The summed E-state index contributed by atoms with van der Waals surface area (Å²) in [6, 6.07) is 11.8. The number of aryl methyl sites for hydroxylation is 1. The van der Waals surface area contributed by atoms with E-state index in [0.29, 0.717) is 12.1 Å². The van der Waals surface area contributed by atoms with Crippen molar-refractivity contribution < 1.29 is 14.1 Å². The number of carbonyl (C=O) groups is 1. The number of carbonyl (C=O) groups excluding carboxylic acids is 1. The zero-order valence-corrected chi connectivity index (χ0v) is 13.0. The number of benzene rings is 1. The Kier molecular flexibility index (Phi) is 4.59. The predicted octanol–water partition coefficient (Wildman–Crippen LogP) is 1.74. The minimum absolute atomic E-state index is 0.0184. The quantitative estimate of drug-likeness (QED) is 0.883. The summed E-state index contributed by atoms with van der Waals surface area (Å²) in [6.07, 6.45) is 4.20. The molecule has 1 aliphatic rings. The minimum atomic E-state index is -0.0184. The van der Waals surface area contributed by atoms with Crippen LogP contribution in [0.25, 0.3) is 0 Å². The predicted molar refractivity (Wildman–Crippen MR) is 84.9 cm³/mol. The van der Waals surface area contributed by atoms with Crippen molar-refractivity contribution in [1.82, 2.24) is 5.32 Å². The molecule has 1 aromatic carbocycles. The first-order chi connectivity index (χ1) is 10.7. The Morgan fingerprint density at radius 2 is 1.95 bits per heavy atom. The Balaban J connectivity index is 1.66. The largest absolute Gasteiger partial charge is 0.463 e. The van der Waals surface area contributed by atoms with Crippen LogP contribution in [0.1, 0.15) is 40.6 Å². The van der Waals surface area contributed by atoms with Gasteiger partial charge in [0.05, 0.1) is 25.9 Å². The van der Waals surface area contributed by atoms with E-state index in [1.54, 1.807) is 6.26 Å². The second-order valence-electron chi connectivity index (χ2n) is 6.01. The van der Waals surface area contributed by atoms with E-state index in [9.17, 15) is 4.79 Å². The highest BCUT2D eigenvalue weighted by atomic mass is 16.3. The third-order valence-electron chi connectivity index (χ3n) is 4.41. The molecule has 2 aromatic rings. The van der Waals surface area contributed by atoms with E-state index in [4.69, 9.17) is 4.42 Å². The van der Waals surface area contributed by atoms with Crippen molar-refractivity contribution in [3.8, 4) is 0 Å². The van der Waals surface area contributed by atoms with Crippen LogP contribution in [0.5, 0.6) is 0 Å². The molecule has 0 spiro atoms. The fraction of sp³-hybridized carbons (Fsp3) is 0.389. The lowest BCUT2D eigenvalue weighted by molar-refractivity contribution is -0.919. The highest BCUT2D eigenvalue weighted by molar-refractivity contribution is 5.94. The molecule has 4 heteroatoms. The maximum Gasteiger partial charge on any atom is 0.251 e. The molecule has 22 heavy (non-hydrogen) atoms. The molecule has 1 aromatic heterocycles. The molecular weight excluding hydrogens is 276 g/mol. The van der Waals surface area contributed by atoms with Crippen LogP contribution in [-0.4, -0.2) is 25.5 Å². The molecule has 1 amide bonds. The smallest absolute Gasteiger partial charge is 0.251 e. The number of nitrogens with one attached hydrogen (secondary N) is 2. The summed E-state index contributed by atoms with van der Waals surface area (Å²) >= 11 is 0. The molecule has 1 atom stereocenters. The highest BCUT2D eigenvalue weighted by Crippen LogP contribution is 2.12. The van der Waals surface area contributed by atoms with Gasteiger partial charge >= 0.3 is 0 Å². The Hall–Kier alpha value is -2.07. The van der Waals surface area contributed by atoms with E-state index in [-0.39, 0.29) is 11.9 Å². The minimum Gasteiger partial charge on any atom is -0.463 e. The van der Waals surface area contributed by atoms with Gasteiger partial charge in [-0.05, 0) is 31.2 Å². The number of hydrogen-bond acceptors (Lipinski definition) is 2. The topological polar surface area (TPSA) is 46.7 Å². The first-order valence-electron chi connectivity index (χ1n) is 7.97. The number of quaternary nitrogens is 1. The molecule has 1 saturated heterocycles. The zero-order valence-electron chi connectivity index (χ0n) is 13.0. The summed E-state index contributed by atoms with van der Waals surface area (Å²) in [5.74, 6) is 0.941. The lowest BCUT2D eigenvalue weighted by Crippen LogP contribution is -3.11. The second kappa shape index (κ2) is 6.79. The molecule has 1 fully saturated rings. The normalized spacial score (nSPS) is 16.6. The van der Waals surface area contributed by atoms with Crippen molar-refractivity contribution in [2.24, 2.45) is 0 Å². The third-order valence-corrected chi connectivity index (χ3v) is 4.41. The average molecular weight is 299 g/mol. The maximum atomic E-state index is 12.3. The number of furan rings is 1. The van der Waals surface area contributed by atoms with Gasteiger partial charge in [-0.15, -0.1) is 0 Å². The maximum absolute atomic E-state index is 12.3. The fourth-order valence-corrected chi connectivity index (χ4v) is 3.12. The van der Waals surface area contributed by atoms with Gasteiger partial charge in [-0.2, -0.15) is 0 Å². The molecular formula is C18H23N2O2+. The monoisotopic (exact) mass is 299 g/mol. The summed E-state index contributed by atoms with van der Waals surface area (Å²) in [5.41, 5.74) is 1.87. The van der Waals surface area contributed by atoms with Crippen molar-refractivity contribution in [2.75, 3.05) is 19.6 Å². The van der Waals surface area contributed by atoms with Crippen LogP contribution in [0.3, 0.4) is 0 Å². The van der Waals surface area contributed by atoms with Gasteiger partial charge in [0, 0.05) is 18.4 Å². The molecule has 4 nitrogen and oxygen atoms in total. The van der Waals surface area contributed by atoms with Gasteiger partial charge < -0.3 is 14.6 Å². The van der Waals surface area contributed by atoms with Gasteiger partial charge in [-0.25, -0.2) is 0 Å². The molecule has 3 rings (SSSR count). The van der Waals surface area contributed by atoms with E-state index >= 15 is 0 Å². The average Bonchev–Trinajstić information content (AvgIpc) is 3.22. The zero-order chi connectivity index (χ0) is 15.4. The molecule has 1 aliphatic heterocycles. The standard InChI is InChI=1S/C18H22N2O2/c1-14-6-8-15(9-7-14)18(21)19-13-16(17-5-4-12-22-17)20-10-2-3-11-20/h4-9,12,16H,2-3,10-11,13H2,1H3,(H,19,21)/p+1/t16-/m0/s1. The van der Waals surface area contributed by atoms with Crippen LogP contribution in [0.15, 0.2) is 47.1 Å². The van der Waals surface area contributed by atoms with Crippen LogP contribution in [0, 0.1) is 6.92 Å². The van der Waals surface area contributed by atoms with E-state index < -0.39 is 0 Å². The lowest BCUT2D eigenvalue weighted by atomic mass is 10.1. The molecule has 0 bridgehead atoms. The van der Waals surface area contributed by atoms with Gasteiger partial charge in [0.1, 0.15) is 0 Å². The van der Waals surface area contributed by atoms with Crippen LogP contribution in [0.4, 0.5) is 0 Å². The molecule has 0 aliphatic carbocycles. The van der Waals surface area contributed by atoms with Crippen molar-refractivity contribution in [2.45, 2.75) is 25.8 Å². The first-order valence-corrected chi connectivity index (χ1v) is 7.97. The number of hydrogen-bond donors (Lipinski definition) is 2. The summed E-state index contributed by atoms with van der Waals surface area (Å²) in [4.78, 5) is 13.8.